The van der Waals surface area contributed by atoms with Crippen molar-refractivity contribution in [1.29, 1.82) is 0 Å². The first-order valence-corrected chi connectivity index (χ1v) is 6.06. The molecule has 0 unspecified atom stereocenters. The number of hydrogen-bond donors (Lipinski definition) is 0. The zero-order valence-corrected chi connectivity index (χ0v) is 9.98. The summed E-state index contributed by atoms with van der Waals surface area (Å²) in [6.07, 6.45) is 5.65. The maximum Gasteiger partial charge on any atom is 0.143 e. The van der Waals surface area contributed by atoms with Gasteiger partial charge < -0.3 is 0 Å². The van der Waals surface area contributed by atoms with E-state index in [1.807, 2.05) is 18.3 Å². The van der Waals surface area contributed by atoms with Gasteiger partial charge in [-0.1, -0.05) is 24.9 Å². The van der Waals surface area contributed by atoms with Crippen molar-refractivity contribution in [2.45, 2.75) is 19.8 Å². The molecule has 0 amide bonds. The molecule has 0 aliphatic carbocycles. The van der Waals surface area contributed by atoms with Gasteiger partial charge in [0.25, 0.3) is 0 Å². The van der Waals surface area contributed by atoms with Crippen LogP contribution in [0.1, 0.15) is 18.2 Å². The number of aryl methyl sites for hydroxylation is 1. The van der Waals surface area contributed by atoms with Crippen molar-refractivity contribution in [3.8, 4) is 10.6 Å². The van der Waals surface area contributed by atoms with Gasteiger partial charge in [0, 0.05) is 22.8 Å². The molecule has 2 heterocycles. The number of aromatic nitrogens is 2. The highest BCUT2D eigenvalue weighted by Gasteiger charge is 2.09. The second kappa shape index (κ2) is 4.73. The zero-order chi connectivity index (χ0) is 10.7. The van der Waals surface area contributed by atoms with Crippen LogP contribution in [0.25, 0.3) is 10.6 Å². The number of halogens is 1. The molecular formula is C11H11ClN2S. The first-order chi connectivity index (χ1) is 7.31. The largest absolute Gasteiger partial charge is 0.264 e. The quantitative estimate of drug-likeness (QED) is 0.813. The SMILES string of the molecule is CCCc1sc(-c2cccnc2)nc1Cl. The molecule has 2 rings (SSSR count). The lowest BCUT2D eigenvalue weighted by Gasteiger charge is -1.92. The van der Waals surface area contributed by atoms with E-state index in [2.05, 4.69) is 16.9 Å². The van der Waals surface area contributed by atoms with Crippen LogP contribution in [0.3, 0.4) is 0 Å². The lowest BCUT2D eigenvalue weighted by atomic mass is 10.3. The van der Waals surface area contributed by atoms with Crippen LogP contribution in [0.5, 0.6) is 0 Å². The lowest BCUT2D eigenvalue weighted by Crippen LogP contribution is -1.77. The molecular weight excluding hydrogens is 228 g/mol. The van der Waals surface area contributed by atoms with E-state index in [9.17, 15) is 0 Å². The Bertz CT molecular complexity index is 439. The minimum Gasteiger partial charge on any atom is -0.264 e. The molecule has 0 spiro atoms. The third-order valence-corrected chi connectivity index (χ3v) is 3.62. The number of thiazole rings is 1. The minimum absolute atomic E-state index is 0.640. The highest BCUT2D eigenvalue weighted by molar-refractivity contribution is 7.15. The summed E-state index contributed by atoms with van der Waals surface area (Å²) in [4.78, 5) is 9.58. The van der Waals surface area contributed by atoms with Crippen molar-refractivity contribution in [2.75, 3.05) is 0 Å². The number of nitrogens with zero attached hydrogens (tertiary/aromatic N) is 2. The van der Waals surface area contributed by atoms with Crippen molar-refractivity contribution in [1.82, 2.24) is 9.97 Å². The zero-order valence-electron chi connectivity index (χ0n) is 8.40. The van der Waals surface area contributed by atoms with Crippen molar-refractivity contribution in [3.63, 3.8) is 0 Å². The van der Waals surface area contributed by atoms with E-state index < -0.39 is 0 Å². The molecule has 15 heavy (non-hydrogen) atoms. The van der Waals surface area contributed by atoms with Crippen LogP contribution in [0, 0.1) is 0 Å². The van der Waals surface area contributed by atoms with Gasteiger partial charge in [0.05, 0.1) is 0 Å². The molecule has 0 aromatic carbocycles. The average molecular weight is 239 g/mol. The van der Waals surface area contributed by atoms with Crippen LogP contribution in [0.4, 0.5) is 0 Å². The third kappa shape index (κ3) is 2.36. The van der Waals surface area contributed by atoms with E-state index in [1.165, 1.54) is 0 Å². The predicted octanol–water partition coefficient (Wildman–Crippen LogP) is 3.81. The fraction of sp³-hybridized carbons (Fsp3) is 0.273. The van der Waals surface area contributed by atoms with Crippen LogP contribution >= 0.6 is 22.9 Å². The Balaban J connectivity index is 2.34. The molecule has 4 heteroatoms. The summed E-state index contributed by atoms with van der Waals surface area (Å²) in [6, 6.07) is 3.90. The first kappa shape index (κ1) is 10.6. The summed E-state index contributed by atoms with van der Waals surface area (Å²) in [5, 5.41) is 1.59. The van der Waals surface area contributed by atoms with E-state index in [1.54, 1.807) is 17.5 Å². The molecule has 0 N–H and O–H groups in total. The Morgan fingerprint density at radius 3 is 3.00 bits per heavy atom. The Hall–Kier alpha value is -0.930. The highest BCUT2D eigenvalue weighted by Crippen LogP contribution is 2.31. The molecule has 0 radical (unpaired) electrons. The van der Waals surface area contributed by atoms with Gasteiger partial charge in [-0.25, -0.2) is 4.98 Å². The van der Waals surface area contributed by atoms with Gasteiger partial charge in [-0.2, -0.15) is 0 Å². The maximum atomic E-state index is 6.05. The highest BCUT2D eigenvalue weighted by atomic mass is 35.5. The monoisotopic (exact) mass is 238 g/mol. The van der Waals surface area contributed by atoms with Crippen molar-refractivity contribution >= 4 is 22.9 Å². The van der Waals surface area contributed by atoms with Gasteiger partial charge in [0.2, 0.25) is 0 Å². The van der Waals surface area contributed by atoms with E-state index in [-0.39, 0.29) is 0 Å². The molecule has 0 bridgehead atoms. The smallest absolute Gasteiger partial charge is 0.143 e. The third-order valence-electron chi connectivity index (χ3n) is 2.04. The van der Waals surface area contributed by atoms with E-state index in [0.717, 1.165) is 28.3 Å². The second-order valence-electron chi connectivity index (χ2n) is 3.22. The van der Waals surface area contributed by atoms with Crippen LogP contribution in [0.2, 0.25) is 5.15 Å². The predicted molar refractivity (Wildman–Crippen MR) is 64.4 cm³/mol. The molecule has 0 fully saturated rings. The molecule has 78 valence electrons. The number of rotatable bonds is 3. The minimum atomic E-state index is 0.640. The fourth-order valence-corrected chi connectivity index (χ4v) is 2.72. The Morgan fingerprint density at radius 1 is 1.47 bits per heavy atom. The van der Waals surface area contributed by atoms with Crippen LogP contribution in [0.15, 0.2) is 24.5 Å². The summed E-state index contributed by atoms with van der Waals surface area (Å²) in [5.74, 6) is 0. The second-order valence-corrected chi connectivity index (χ2v) is 4.67. The normalized spacial score (nSPS) is 10.5. The molecule has 2 aromatic heterocycles. The lowest BCUT2D eigenvalue weighted by molar-refractivity contribution is 0.936. The van der Waals surface area contributed by atoms with Crippen molar-refractivity contribution in [3.05, 3.63) is 34.6 Å². The summed E-state index contributed by atoms with van der Waals surface area (Å²) in [5.41, 5.74) is 1.03. The van der Waals surface area contributed by atoms with Gasteiger partial charge in [0.1, 0.15) is 10.2 Å². The van der Waals surface area contributed by atoms with E-state index in [0.29, 0.717) is 5.15 Å². The molecule has 0 saturated carbocycles. The maximum absolute atomic E-state index is 6.05. The van der Waals surface area contributed by atoms with Crippen LogP contribution in [-0.2, 0) is 6.42 Å². The molecule has 0 saturated heterocycles. The van der Waals surface area contributed by atoms with Gasteiger partial charge in [0.15, 0.2) is 0 Å². The average Bonchev–Trinajstić information content (AvgIpc) is 2.63. The van der Waals surface area contributed by atoms with Gasteiger partial charge >= 0.3 is 0 Å². The summed E-state index contributed by atoms with van der Waals surface area (Å²) >= 11 is 7.71. The van der Waals surface area contributed by atoms with Crippen LogP contribution < -0.4 is 0 Å². The Morgan fingerprint density at radius 2 is 2.33 bits per heavy atom. The summed E-state index contributed by atoms with van der Waals surface area (Å²) in [7, 11) is 0. The van der Waals surface area contributed by atoms with Crippen molar-refractivity contribution in [2.24, 2.45) is 0 Å². The fourth-order valence-electron chi connectivity index (χ4n) is 1.33. The molecule has 2 nitrogen and oxygen atoms in total. The molecule has 0 aliphatic heterocycles. The molecule has 0 aliphatic rings. The molecule has 0 atom stereocenters. The van der Waals surface area contributed by atoms with Gasteiger partial charge in [-0.15, -0.1) is 11.3 Å². The Kier molecular flexibility index (Phi) is 3.34. The van der Waals surface area contributed by atoms with E-state index in [4.69, 9.17) is 11.6 Å². The number of hydrogen-bond acceptors (Lipinski definition) is 3. The topological polar surface area (TPSA) is 25.8 Å². The van der Waals surface area contributed by atoms with Crippen LogP contribution in [-0.4, -0.2) is 9.97 Å². The summed E-state index contributed by atoms with van der Waals surface area (Å²) < 4.78 is 0. The molecule has 2 aromatic rings. The first-order valence-electron chi connectivity index (χ1n) is 4.87. The Labute approximate surface area is 98.0 Å². The van der Waals surface area contributed by atoms with E-state index >= 15 is 0 Å². The standard InChI is InChI=1S/C11H11ClN2S/c1-2-4-9-10(12)14-11(15-9)8-5-3-6-13-7-8/h3,5-7H,2,4H2,1H3. The van der Waals surface area contributed by atoms with Gasteiger partial charge in [-0.05, 0) is 18.6 Å². The van der Waals surface area contributed by atoms with Crippen molar-refractivity contribution < 1.29 is 0 Å². The number of pyridine rings is 1. The van der Waals surface area contributed by atoms with Gasteiger partial charge in [-0.3, -0.25) is 4.98 Å². The summed E-state index contributed by atoms with van der Waals surface area (Å²) in [6.45, 7) is 2.14.